The largest absolute Gasteiger partial charge is 0.508 e. The van der Waals surface area contributed by atoms with E-state index in [0.717, 1.165) is 22.8 Å². The third-order valence-electron chi connectivity index (χ3n) is 7.19. The Bertz CT molecular complexity index is 1670. The molecule has 222 valence electrons. The number of phenols is 2. The molecule has 1 aliphatic heterocycles. The van der Waals surface area contributed by atoms with Crippen LogP contribution in [-0.4, -0.2) is 27.2 Å². The highest BCUT2D eigenvalue weighted by Crippen LogP contribution is 2.46. The van der Waals surface area contributed by atoms with Gasteiger partial charge in [0, 0.05) is 17.7 Å². The monoisotopic (exact) mass is 590 g/mol. The molecule has 3 N–H and O–H groups in total. The van der Waals surface area contributed by atoms with Crippen molar-refractivity contribution >= 4 is 5.78 Å². The predicted molar refractivity (Wildman–Crippen MR) is 162 cm³/mol. The van der Waals surface area contributed by atoms with Crippen molar-refractivity contribution < 1.29 is 39.1 Å². The van der Waals surface area contributed by atoms with Crippen LogP contribution in [0.2, 0.25) is 0 Å². The Hall–Kier alpha value is -5.47. The first-order valence-corrected chi connectivity index (χ1v) is 14.1. The second-order valence-electron chi connectivity index (χ2n) is 10.4. The van der Waals surface area contributed by atoms with Gasteiger partial charge >= 0.3 is 0 Å². The number of Topliss-reactive ketones (excluding diaryl/α,β-unsaturated/α-hetero) is 1. The van der Waals surface area contributed by atoms with Crippen LogP contribution in [-0.2, 0) is 19.8 Å². The van der Waals surface area contributed by atoms with Gasteiger partial charge < -0.3 is 34.3 Å². The molecule has 0 fully saturated rings. The van der Waals surface area contributed by atoms with Crippen LogP contribution in [0.25, 0.3) is 0 Å². The topological polar surface area (TPSA) is 115 Å². The van der Waals surface area contributed by atoms with E-state index in [0.29, 0.717) is 22.8 Å². The van der Waals surface area contributed by atoms with E-state index in [9.17, 15) is 20.1 Å². The van der Waals surface area contributed by atoms with Gasteiger partial charge in [0.25, 0.3) is 0 Å². The summed E-state index contributed by atoms with van der Waals surface area (Å²) in [5, 5.41) is 31.4. The number of hydrogen-bond acceptors (Lipinski definition) is 8. The molecule has 0 aromatic heterocycles. The molecule has 2 unspecified atom stereocenters. The summed E-state index contributed by atoms with van der Waals surface area (Å²) >= 11 is 0. The molecule has 8 nitrogen and oxygen atoms in total. The highest BCUT2D eigenvalue weighted by atomic mass is 16.5. The fourth-order valence-corrected chi connectivity index (χ4v) is 4.98. The maximum absolute atomic E-state index is 13.2. The third-order valence-corrected chi connectivity index (χ3v) is 7.19. The molecule has 0 radical (unpaired) electrons. The zero-order chi connectivity index (χ0) is 30.5. The molecule has 2 atom stereocenters. The first-order chi connectivity index (χ1) is 21.5. The Morgan fingerprint density at radius 3 is 1.61 bits per heavy atom. The molecule has 0 amide bonds. The van der Waals surface area contributed by atoms with Crippen LogP contribution in [0.15, 0.2) is 115 Å². The van der Waals surface area contributed by atoms with Gasteiger partial charge in [-0.3, -0.25) is 4.79 Å². The van der Waals surface area contributed by atoms with Crippen LogP contribution in [0.1, 0.15) is 38.7 Å². The average molecular weight is 591 g/mol. The van der Waals surface area contributed by atoms with Gasteiger partial charge in [0.1, 0.15) is 42.6 Å². The van der Waals surface area contributed by atoms with Gasteiger partial charge in [-0.2, -0.15) is 0 Å². The molecule has 0 saturated heterocycles. The van der Waals surface area contributed by atoms with E-state index in [-0.39, 0.29) is 36.9 Å². The lowest BCUT2D eigenvalue weighted by atomic mass is 9.92. The molecule has 0 aliphatic carbocycles. The molecular formula is C36H30O8. The maximum atomic E-state index is 13.2. The van der Waals surface area contributed by atoms with Gasteiger partial charge in [0.2, 0.25) is 11.5 Å². The number of phenolic OH excluding ortho intramolecular Hbond substituents is 2. The predicted octanol–water partition coefficient (Wildman–Crippen LogP) is 6.51. The Morgan fingerprint density at radius 2 is 1.11 bits per heavy atom. The van der Waals surface area contributed by atoms with Gasteiger partial charge in [-0.15, -0.1) is 0 Å². The van der Waals surface area contributed by atoms with Crippen LogP contribution >= 0.6 is 0 Å². The minimum absolute atomic E-state index is 0.0503. The first-order valence-electron chi connectivity index (χ1n) is 14.1. The second kappa shape index (κ2) is 12.8. The Labute approximate surface area is 254 Å². The van der Waals surface area contributed by atoms with Crippen molar-refractivity contribution in [3.05, 3.63) is 143 Å². The number of carbonyl (C=O) groups is 1. The second-order valence-corrected chi connectivity index (χ2v) is 10.4. The number of benzene rings is 5. The zero-order valence-corrected chi connectivity index (χ0v) is 23.6. The number of aromatic hydroxyl groups is 2. The van der Waals surface area contributed by atoms with Gasteiger partial charge in [-0.05, 0) is 28.8 Å². The van der Waals surface area contributed by atoms with Crippen LogP contribution in [0.4, 0.5) is 0 Å². The van der Waals surface area contributed by atoms with E-state index in [1.807, 2.05) is 91.0 Å². The highest BCUT2D eigenvalue weighted by molar-refractivity contribution is 6.05. The number of ether oxygens (including phenoxy) is 4. The van der Waals surface area contributed by atoms with E-state index in [4.69, 9.17) is 18.9 Å². The van der Waals surface area contributed by atoms with Crippen LogP contribution in [0.5, 0.6) is 34.5 Å². The van der Waals surface area contributed by atoms with Gasteiger partial charge in [-0.1, -0.05) is 91.0 Å². The summed E-state index contributed by atoms with van der Waals surface area (Å²) in [5.74, 6) is -0.575. The van der Waals surface area contributed by atoms with Gasteiger partial charge in [0.05, 0.1) is 0 Å². The molecule has 1 aliphatic rings. The van der Waals surface area contributed by atoms with E-state index >= 15 is 0 Å². The van der Waals surface area contributed by atoms with Gasteiger partial charge in [-0.25, -0.2) is 0 Å². The van der Waals surface area contributed by atoms with E-state index in [1.165, 1.54) is 6.07 Å². The summed E-state index contributed by atoms with van der Waals surface area (Å²) in [4.78, 5) is 13.2. The lowest BCUT2D eigenvalue weighted by Gasteiger charge is -2.31. The molecule has 6 rings (SSSR count). The van der Waals surface area contributed by atoms with Crippen molar-refractivity contribution in [2.75, 3.05) is 0 Å². The minimum Gasteiger partial charge on any atom is -0.508 e. The molecule has 8 heteroatoms. The van der Waals surface area contributed by atoms with E-state index in [2.05, 4.69) is 0 Å². The Kier molecular flexibility index (Phi) is 8.34. The van der Waals surface area contributed by atoms with Gasteiger partial charge in [0.15, 0.2) is 23.7 Å². The quantitative estimate of drug-likeness (QED) is 0.169. The van der Waals surface area contributed by atoms with Crippen LogP contribution in [0.3, 0.4) is 0 Å². The van der Waals surface area contributed by atoms with Crippen molar-refractivity contribution in [2.45, 2.75) is 32.0 Å². The lowest BCUT2D eigenvalue weighted by molar-refractivity contribution is 0.0208. The Morgan fingerprint density at radius 1 is 0.636 bits per heavy atom. The lowest BCUT2D eigenvalue weighted by Crippen LogP contribution is -2.36. The number of fused-ring (bicyclic) bond motifs is 1. The molecule has 1 heterocycles. The number of aliphatic hydroxyl groups is 1. The summed E-state index contributed by atoms with van der Waals surface area (Å²) in [7, 11) is 0. The normalized spacial score (nSPS) is 15.6. The van der Waals surface area contributed by atoms with Crippen molar-refractivity contribution in [1.29, 1.82) is 0 Å². The first kappa shape index (κ1) is 28.6. The molecule has 0 saturated carbocycles. The van der Waals surface area contributed by atoms with E-state index in [1.54, 1.807) is 12.1 Å². The molecular weight excluding hydrogens is 560 g/mol. The zero-order valence-electron chi connectivity index (χ0n) is 23.6. The van der Waals surface area contributed by atoms with Crippen molar-refractivity contribution in [3.8, 4) is 34.5 Å². The smallest absolute Gasteiger partial charge is 0.203 e. The van der Waals surface area contributed by atoms with Crippen LogP contribution in [0, 0.1) is 0 Å². The van der Waals surface area contributed by atoms with Crippen molar-refractivity contribution in [1.82, 2.24) is 0 Å². The number of carbonyl (C=O) groups excluding carboxylic acids is 1. The number of ketones is 1. The highest BCUT2D eigenvalue weighted by Gasteiger charge is 2.40. The molecule has 5 aromatic carbocycles. The standard InChI is InChI=1S/C36H30O8/c37-27-18-28(38)32-29(19-27)44-35(34(40)33(32)39)26-16-30(41-20-23-10-4-1-5-11-23)36(43-22-25-14-8-3-9-15-25)31(17-26)42-21-24-12-6-2-7-13-24/h1-19,34-35,37-38,40H,20-22H2. The number of aliphatic hydroxyl groups excluding tert-OH is 1. The molecule has 44 heavy (non-hydrogen) atoms. The third kappa shape index (κ3) is 6.30. The molecule has 0 bridgehead atoms. The minimum atomic E-state index is -1.65. The van der Waals surface area contributed by atoms with Crippen LogP contribution < -0.4 is 18.9 Å². The van der Waals surface area contributed by atoms with Crippen molar-refractivity contribution in [2.24, 2.45) is 0 Å². The van der Waals surface area contributed by atoms with Crippen molar-refractivity contribution in [3.63, 3.8) is 0 Å². The fraction of sp³-hybridized carbons (Fsp3) is 0.139. The summed E-state index contributed by atoms with van der Waals surface area (Å²) in [6, 6.07) is 34.4. The maximum Gasteiger partial charge on any atom is 0.203 e. The average Bonchev–Trinajstić information content (AvgIpc) is 3.04. The Balaban J connectivity index is 1.42. The summed E-state index contributed by atoms with van der Waals surface area (Å²) < 4.78 is 24.9. The van der Waals surface area contributed by atoms with E-state index < -0.39 is 23.7 Å². The molecule has 5 aromatic rings. The summed E-state index contributed by atoms with van der Waals surface area (Å²) in [5.41, 5.74) is 2.95. The number of hydrogen-bond donors (Lipinski definition) is 3. The summed E-state index contributed by atoms with van der Waals surface area (Å²) in [6.45, 7) is 0.653. The molecule has 0 spiro atoms. The SMILES string of the molecule is O=C1c2c(O)cc(O)cc2OC(c2cc(OCc3ccccc3)c(OCc3ccccc3)c(OCc3ccccc3)c2)C1O. The fourth-order valence-electron chi connectivity index (χ4n) is 4.98. The summed E-state index contributed by atoms with van der Waals surface area (Å²) in [6.07, 6.45) is -2.85. The number of rotatable bonds is 10.